The van der Waals surface area contributed by atoms with Crippen molar-refractivity contribution in [2.24, 2.45) is 0 Å². The molecule has 1 N–H and O–H groups in total. The normalized spacial score (nSPS) is 12.5. The quantitative estimate of drug-likeness (QED) is 0.851. The number of rotatable bonds is 7. The van der Waals surface area contributed by atoms with Crippen molar-refractivity contribution >= 4 is 23.1 Å². The Morgan fingerprint density at radius 3 is 2.74 bits per heavy atom. The van der Waals surface area contributed by atoms with Crippen molar-refractivity contribution in [3.8, 4) is 0 Å². The molecule has 1 unspecified atom stereocenters. The van der Waals surface area contributed by atoms with Crippen LogP contribution in [0.3, 0.4) is 0 Å². The van der Waals surface area contributed by atoms with Crippen molar-refractivity contribution in [2.45, 2.75) is 19.4 Å². The zero-order valence-electron chi connectivity index (χ0n) is 11.3. The van der Waals surface area contributed by atoms with Gasteiger partial charge in [0, 0.05) is 6.42 Å². The second-order valence-corrected chi connectivity index (χ2v) is 6.26. The third kappa shape index (κ3) is 4.03. The van der Waals surface area contributed by atoms with Gasteiger partial charge in [-0.1, -0.05) is 48.6 Å². The fourth-order valence-corrected chi connectivity index (χ4v) is 3.34. The molecule has 0 saturated heterocycles. The van der Waals surface area contributed by atoms with E-state index < -0.39 is 0 Å². The summed E-state index contributed by atoms with van der Waals surface area (Å²) in [5, 5.41) is 14.3. The number of nitrogens with one attached hydrogen (secondary N) is 1. The summed E-state index contributed by atoms with van der Waals surface area (Å²) in [6.07, 6.45) is 3.12. The van der Waals surface area contributed by atoms with Gasteiger partial charge in [0.25, 0.3) is 0 Å². The van der Waals surface area contributed by atoms with Crippen LogP contribution in [-0.2, 0) is 6.42 Å². The number of nitrogens with zero attached hydrogens (tertiary/aromatic N) is 2. The van der Waals surface area contributed by atoms with Crippen LogP contribution in [0.15, 0.2) is 30.3 Å². The van der Waals surface area contributed by atoms with Gasteiger partial charge in [0.05, 0.1) is 6.04 Å². The molecule has 1 aromatic heterocycles. The maximum absolute atomic E-state index is 4.36. The molecule has 2 aromatic rings. The van der Waals surface area contributed by atoms with E-state index in [1.807, 2.05) is 17.8 Å². The lowest BCUT2D eigenvalue weighted by atomic mass is 10.1. The molecule has 0 radical (unpaired) electrons. The molecule has 0 amide bonds. The molecule has 19 heavy (non-hydrogen) atoms. The number of aromatic nitrogens is 2. The van der Waals surface area contributed by atoms with E-state index in [1.54, 1.807) is 11.3 Å². The number of thioether (sulfide) groups is 1. The lowest BCUT2D eigenvalue weighted by molar-refractivity contribution is 0.621. The van der Waals surface area contributed by atoms with Gasteiger partial charge in [0.2, 0.25) is 0 Å². The summed E-state index contributed by atoms with van der Waals surface area (Å²) in [4.78, 5) is 0. The first-order chi connectivity index (χ1) is 9.35. The van der Waals surface area contributed by atoms with Gasteiger partial charge in [-0.25, -0.2) is 0 Å². The van der Waals surface area contributed by atoms with Gasteiger partial charge < -0.3 is 5.32 Å². The molecule has 2 rings (SSSR count). The van der Waals surface area contributed by atoms with Gasteiger partial charge >= 0.3 is 0 Å². The predicted molar refractivity (Wildman–Crippen MR) is 84.0 cm³/mol. The SMILES string of the molecule is CCNC(c1ccccc1)c1nnc(CCSC)s1. The van der Waals surface area contributed by atoms with Gasteiger partial charge in [-0.05, 0) is 24.1 Å². The Morgan fingerprint density at radius 2 is 2.05 bits per heavy atom. The van der Waals surface area contributed by atoms with Crippen LogP contribution in [0.4, 0.5) is 0 Å². The van der Waals surface area contributed by atoms with Crippen LogP contribution in [0.25, 0.3) is 0 Å². The Balaban J connectivity index is 2.17. The summed E-state index contributed by atoms with van der Waals surface area (Å²) in [5.41, 5.74) is 1.25. The molecule has 102 valence electrons. The molecule has 3 nitrogen and oxygen atoms in total. The highest BCUT2D eigenvalue weighted by Gasteiger charge is 2.17. The fraction of sp³-hybridized carbons (Fsp3) is 0.429. The van der Waals surface area contributed by atoms with Crippen LogP contribution in [0.2, 0.25) is 0 Å². The highest BCUT2D eigenvalue weighted by Crippen LogP contribution is 2.25. The zero-order chi connectivity index (χ0) is 13.5. The first-order valence-electron chi connectivity index (χ1n) is 6.44. The summed E-state index contributed by atoms with van der Waals surface area (Å²) in [6.45, 7) is 3.03. The molecule has 1 aromatic carbocycles. The Morgan fingerprint density at radius 1 is 1.26 bits per heavy atom. The monoisotopic (exact) mass is 293 g/mol. The molecule has 1 atom stereocenters. The van der Waals surface area contributed by atoms with Gasteiger partial charge in [-0.2, -0.15) is 11.8 Å². The van der Waals surface area contributed by atoms with E-state index in [-0.39, 0.29) is 6.04 Å². The van der Waals surface area contributed by atoms with Crippen LogP contribution in [0.5, 0.6) is 0 Å². The van der Waals surface area contributed by atoms with Crippen LogP contribution in [-0.4, -0.2) is 28.8 Å². The molecule has 0 aliphatic rings. The lowest BCUT2D eigenvalue weighted by Gasteiger charge is -2.14. The summed E-state index contributed by atoms with van der Waals surface area (Å²) >= 11 is 3.56. The average Bonchev–Trinajstić information content (AvgIpc) is 2.92. The highest BCUT2D eigenvalue weighted by atomic mass is 32.2. The Hall–Kier alpha value is -0.910. The van der Waals surface area contributed by atoms with E-state index in [2.05, 4.69) is 53.0 Å². The molecular weight excluding hydrogens is 274 g/mol. The lowest BCUT2D eigenvalue weighted by Crippen LogP contribution is -2.21. The minimum absolute atomic E-state index is 0.159. The van der Waals surface area contributed by atoms with Crippen molar-refractivity contribution in [3.63, 3.8) is 0 Å². The highest BCUT2D eigenvalue weighted by molar-refractivity contribution is 7.98. The number of hydrogen-bond acceptors (Lipinski definition) is 5. The second kappa shape index (κ2) is 7.62. The molecule has 0 aliphatic heterocycles. The first-order valence-corrected chi connectivity index (χ1v) is 8.65. The standard InChI is InChI=1S/C14H19N3S2/c1-3-15-13(11-7-5-4-6-8-11)14-17-16-12(19-14)9-10-18-2/h4-8,13,15H,3,9-10H2,1-2H3. The van der Waals surface area contributed by atoms with Crippen LogP contribution in [0.1, 0.15) is 28.5 Å². The van der Waals surface area contributed by atoms with Gasteiger partial charge in [-0.3, -0.25) is 0 Å². The summed E-state index contributed by atoms with van der Waals surface area (Å²) in [5.74, 6) is 1.10. The van der Waals surface area contributed by atoms with Crippen LogP contribution in [0, 0.1) is 0 Å². The first kappa shape index (κ1) is 14.5. The topological polar surface area (TPSA) is 37.8 Å². The minimum atomic E-state index is 0.159. The number of aryl methyl sites for hydroxylation is 1. The number of benzene rings is 1. The van der Waals surface area contributed by atoms with Gasteiger partial charge in [0.15, 0.2) is 0 Å². The molecule has 1 heterocycles. The maximum atomic E-state index is 4.36. The number of hydrogen-bond donors (Lipinski definition) is 1. The molecule has 5 heteroatoms. The zero-order valence-corrected chi connectivity index (χ0v) is 12.9. The third-order valence-electron chi connectivity index (χ3n) is 2.79. The molecule has 0 spiro atoms. The summed E-state index contributed by atoms with van der Waals surface area (Å²) in [7, 11) is 0. The van der Waals surface area contributed by atoms with E-state index in [4.69, 9.17) is 0 Å². The van der Waals surface area contributed by atoms with Crippen molar-refractivity contribution in [1.82, 2.24) is 15.5 Å². The maximum Gasteiger partial charge on any atom is 0.139 e. The molecule has 0 bridgehead atoms. The smallest absolute Gasteiger partial charge is 0.139 e. The van der Waals surface area contributed by atoms with E-state index >= 15 is 0 Å². The largest absolute Gasteiger partial charge is 0.304 e. The molecule has 0 fully saturated rings. The Bertz CT molecular complexity index is 484. The van der Waals surface area contributed by atoms with E-state index in [9.17, 15) is 0 Å². The summed E-state index contributed by atoms with van der Waals surface area (Å²) < 4.78 is 0. The van der Waals surface area contributed by atoms with E-state index in [1.165, 1.54) is 5.56 Å². The molecule has 0 aliphatic carbocycles. The predicted octanol–water partition coefficient (Wildman–Crippen LogP) is 3.14. The van der Waals surface area contributed by atoms with Crippen molar-refractivity contribution in [3.05, 3.63) is 45.9 Å². The molecule has 0 saturated carbocycles. The summed E-state index contributed by atoms with van der Waals surface area (Å²) in [6, 6.07) is 10.6. The van der Waals surface area contributed by atoms with Crippen LogP contribution < -0.4 is 5.32 Å². The van der Waals surface area contributed by atoms with E-state index in [0.29, 0.717) is 0 Å². The Labute approximate surface area is 122 Å². The fourth-order valence-electron chi connectivity index (χ4n) is 1.87. The average molecular weight is 293 g/mol. The second-order valence-electron chi connectivity index (χ2n) is 4.18. The van der Waals surface area contributed by atoms with Crippen LogP contribution >= 0.6 is 23.1 Å². The van der Waals surface area contributed by atoms with E-state index in [0.717, 1.165) is 28.7 Å². The Kier molecular flexibility index (Phi) is 5.82. The van der Waals surface area contributed by atoms with Crippen molar-refractivity contribution in [1.29, 1.82) is 0 Å². The van der Waals surface area contributed by atoms with Gasteiger partial charge in [-0.15, -0.1) is 10.2 Å². The minimum Gasteiger partial charge on any atom is -0.304 e. The van der Waals surface area contributed by atoms with Gasteiger partial charge in [0.1, 0.15) is 10.0 Å². The van der Waals surface area contributed by atoms with Crippen molar-refractivity contribution in [2.75, 3.05) is 18.6 Å². The third-order valence-corrected chi connectivity index (χ3v) is 4.45. The molecular formula is C14H19N3S2. The van der Waals surface area contributed by atoms with Crippen molar-refractivity contribution < 1.29 is 0 Å².